The maximum atomic E-state index is 5.65. The van der Waals surface area contributed by atoms with Gasteiger partial charge in [-0.2, -0.15) is 0 Å². The van der Waals surface area contributed by atoms with Crippen LogP contribution in [0.2, 0.25) is 0 Å². The summed E-state index contributed by atoms with van der Waals surface area (Å²) in [6, 6.07) is 0.971. The lowest BCUT2D eigenvalue weighted by molar-refractivity contribution is 0.0906. The van der Waals surface area contributed by atoms with Gasteiger partial charge in [-0.05, 0) is 51.6 Å². The fourth-order valence-corrected chi connectivity index (χ4v) is 5.33. The Morgan fingerprint density at radius 2 is 1.79 bits per heavy atom. The second-order valence-corrected chi connectivity index (χ2v) is 7.71. The van der Waals surface area contributed by atoms with Crippen molar-refractivity contribution in [2.75, 3.05) is 18.1 Å². The van der Waals surface area contributed by atoms with E-state index in [4.69, 9.17) is 9.72 Å². The Labute approximate surface area is 164 Å². The molecule has 2 saturated heterocycles. The van der Waals surface area contributed by atoms with Crippen LogP contribution in [0.5, 0.6) is 0 Å². The van der Waals surface area contributed by atoms with E-state index in [1.807, 2.05) is 25.3 Å². The molecular weight excluding hydrogens is 456 g/mol. The molecule has 2 aromatic rings. The lowest BCUT2D eigenvalue weighted by Crippen LogP contribution is -2.45. The molecule has 0 saturated carbocycles. The number of aromatic nitrogens is 3. The zero-order chi connectivity index (χ0) is 16.6. The number of rotatable bonds is 2. The first-order valence-electron chi connectivity index (χ1n) is 7.87. The molecule has 0 radical (unpaired) electrons. The van der Waals surface area contributed by atoms with Gasteiger partial charge < -0.3 is 9.64 Å². The quantitative estimate of drug-likeness (QED) is 0.594. The van der Waals surface area contributed by atoms with Crippen molar-refractivity contribution in [3.63, 3.8) is 0 Å². The molecule has 8 heteroatoms. The van der Waals surface area contributed by atoms with Crippen molar-refractivity contribution in [3.05, 3.63) is 20.4 Å². The van der Waals surface area contributed by atoms with E-state index in [1.165, 1.54) is 12.8 Å². The van der Waals surface area contributed by atoms with Gasteiger partial charge in [0.05, 0.1) is 31.0 Å². The Morgan fingerprint density at radius 3 is 2.33 bits per heavy atom. The van der Waals surface area contributed by atoms with E-state index in [0.717, 1.165) is 39.2 Å². The number of thiazole rings is 1. The topological polar surface area (TPSA) is 43.2 Å². The zero-order valence-electron chi connectivity index (χ0n) is 13.4. The monoisotopic (exact) mass is 478 g/mol. The van der Waals surface area contributed by atoms with Crippen molar-refractivity contribution in [2.45, 2.75) is 53.1 Å². The summed E-state index contributed by atoms with van der Waals surface area (Å²) in [5.41, 5.74) is 0.947. The van der Waals surface area contributed by atoms with E-state index in [9.17, 15) is 0 Å². The first kappa shape index (κ1) is 19.9. The van der Waals surface area contributed by atoms with Crippen molar-refractivity contribution in [2.24, 2.45) is 0 Å². The summed E-state index contributed by atoms with van der Waals surface area (Å²) in [4.78, 5) is 11.7. The molecule has 5 nitrogen and oxygen atoms in total. The minimum absolute atomic E-state index is 0. The molecule has 2 unspecified atom stereocenters. The van der Waals surface area contributed by atoms with Crippen molar-refractivity contribution in [3.8, 4) is 5.82 Å². The number of anilines is 1. The smallest absolute Gasteiger partial charge is 0.188 e. The molecule has 0 spiro atoms. The second-order valence-electron chi connectivity index (χ2n) is 5.41. The fraction of sp³-hybridized carbons (Fsp3) is 0.625. The average molecular weight is 480 g/mol. The summed E-state index contributed by atoms with van der Waals surface area (Å²) in [6.45, 7) is 7.62. The molecule has 2 aliphatic rings. The van der Waals surface area contributed by atoms with Crippen molar-refractivity contribution in [1.29, 1.82) is 0 Å². The van der Waals surface area contributed by atoms with E-state index in [-0.39, 0.29) is 7.43 Å². The number of morpholine rings is 1. The van der Waals surface area contributed by atoms with Gasteiger partial charge in [-0.15, -0.1) is 11.3 Å². The summed E-state index contributed by atoms with van der Waals surface area (Å²) in [7, 11) is 0. The van der Waals surface area contributed by atoms with Gasteiger partial charge in [-0.1, -0.05) is 21.3 Å². The molecule has 0 aliphatic carbocycles. The Bertz CT molecular complexity index is 672. The first-order valence-corrected chi connectivity index (χ1v) is 10.3. The number of ether oxygens (including phenoxy) is 1. The molecule has 0 aromatic carbocycles. The minimum atomic E-state index is 0. The normalized spacial score (nSPS) is 22.0. The molecule has 2 aromatic heterocycles. The van der Waals surface area contributed by atoms with Crippen LogP contribution in [0, 0.1) is 6.92 Å². The number of hydrogen-bond acceptors (Lipinski definition) is 5. The number of imidazole rings is 1. The van der Waals surface area contributed by atoms with Gasteiger partial charge in [0, 0.05) is 5.38 Å². The molecule has 2 aliphatic heterocycles. The van der Waals surface area contributed by atoms with Gasteiger partial charge in [0.25, 0.3) is 0 Å². The number of hydrogen-bond donors (Lipinski definition) is 0. The van der Waals surface area contributed by atoms with Gasteiger partial charge in [0.15, 0.2) is 15.7 Å². The molecule has 4 rings (SSSR count). The van der Waals surface area contributed by atoms with Crippen LogP contribution in [0.15, 0.2) is 14.7 Å². The molecule has 4 heterocycles. The third-order valence-corrected chi connectivity index (χ3v) is 6.41. The standard InChI is InChI=1S/C13H14Br2N4OS.C2H6.CH4/c1-7-11(14)19(12(15)16-7)10-6-21-13(17-10)18-8-2-3-9(18)5-20-4-8;1-2;/h6,8-9H,2-5H2,1H3;1-2H3;1H4. The number of fused-ring (bicyclic) bond motifs is 2. The predicted octanol–water partition coefficient (Wildman–Crippen LogP) is 5.19. The summed E-state index contributed by atoms with van der Waals surface area (Å²) < 4.78 is 9.34. The molecule has 2 fully saturated rings. The lowest BCUT2D eigenvalue weighted by Gasteiger charge is -2.34. The van der Waals surface area contributed by atoms with E-state index in [1.54, 1.807) is 11.3 Å². The molecule has 0 amide bonds. The highest BCUT2D eigenvalue weighted by atomic mass is 79.9. The van der Waals surface area contributed by atoms with Crippen LogP contribution in [0.1, 0.15) is 39.8 Å². The largest absolute Gasteiger partial charge is 0.377 e. The summed E-state index contributed by atoms with van der Waals surface area (Å²) in [6.07, 6.45) is 2.41. The van der Waals surface area contributed by atoms with Crippen molar-refractivity contribution >= 4 is 48.3 Å². The number of halogens is 2. The average Bonchev–Trinajstić information content (AvgIpc) is 3.18. The van der Waals surface area contributed by atoms with Crippen LogP contribution in [0.3, 0.4) is 0 Å². The highest BCUT2D eigenvalue weighted by molar-refractivity contribution is 9.11. The van der Waals surface area contributed by atoms with E-state index in [0.29, 0.717) is 12.1 Å². The Balaban J connectivity index is 0.000000670. The van der Waals surface area contributed by atoms with Gasteiger partial charge >= 0.3 is 0 Å². The molecule has 134 valence electrons. The number of aryl methyl sites for hydroxylation is 1. The summed E-state index contributed by atoms with van der Waals surface area (Å²) in [5, 5.41) is 3.17. The van der Waals surface area contributed by atoms with Crippen molar-refractivity contribution in [1.82, 2.24) is 14.5 Å². The lowest BCUT2D eigenvalue weighted by atomic mass is 10.2. The van der Waals surface area contributed by atoms with Crippen LogP contribution in [0.4, 0.5) is 5.13 Å². The molecule has 24 heavy (non-hydrogen) atoms. The number of nitrogens with zero attached hydrogens (tertiary/aromatic N) is 4. The van der Waals surface area contributed by atoms with Crippen molar-refractivity contribution < 1.29 is 4.74 Å². The third kappa shape index (κ3) is 3.43. The molecule has 2 atom stereocenters. The zero-order valence-corrected chi connectivity index (χ0v) is 17.4. The van der Waals surface area contributed by atoms with E-state index < -0.39 is 0 Å². The van der Waals surface area contributed by atoms with Gasteiger partial charge in [-0.25, -0.2) is 9.97 Å². The van der Waals surface area contributed by atoms with Gasteiger partial charge in [-0.3, -0.25) is 4.57 Å². The first-order chi connectivity index (χ1) is 11.1. The van der Waals surface area contributed by atoms with Crippen LogP contribution < -0.4 is 4.90 Å². The van der Waals surface area contributed by atoms with Crippen LogP contribution in [-0.2, 0) is 4.74 Å². The maximum Gasteiger partial charge on any atom is 0.188 e. The Morgan fingerprint density at radius 1 is 1.17 bits per heavy atom. The fourth-order valence-electron chi connectivity index (χ4n) is 3.09. The summed E-state index contributed by atoms with van der Waals surface area (Å²) in [5.74, 6) is 0.903. The Hall–Kier alpha value is -0.440. The van der Waals surface area contributed by atoms with Gasteiger partial charge in [0.2, 0.25) is 0 Å². The maximum absolute atomic E-state index is 5.65. The van der Waals surface area contributed by atoms with E-state index >= 15 is 0 Å². The predicted molar refractivity (Wildman–Crippen MR) is 108 cm³/mol. The van der Waals surface area contributed by atoms with Crippen LogP contribution in [0.25, 0.3) is 5.82 Å². The minimum Gasteiger partial charge on any atom is -0.377 e. The SMILES string of the molecule is C.CC.Cc1nc(Br)n(-c2csc(N3C4CCC3COC4)n2)c1Br. The molecular formula is C16H24Br2N4OS. The van der Waals surface area contributed by atoms with Gasteiger partial charge in [0.1, 0.15) is 4.60 Å². The summed E-state index contributed by atoms with van der Waals surface area (Å²) >= 11 is 8.77. The molecule has 0 N–H and O–H groups in total. The second kappa shape index (κ2) is 8.29. The highest BCUT2D eigenvalue weighted by Crippen LogP contribution is 2.37. The third-order valence-electron chi connectivity index (χ3n) is 4.11. The Kier molecular flexibility index (Phi) is 6.87. The van der Waals surface area contributed by atoms with E-state index in [2.05, 4.69) is 47.1 Å². The van der Waals surface area contributed by atoms with Crippen LogP contribution >= 0.6 is 43.2 Å². The van der Waals surface area contributed by atoms with Crippen LogP contribution in [-0.4, -0.2) is 39.8 Å². The highest BCUT2D eigenvalue weighted by Gasteiger charge is 2.39. The molecule has 2 bridgehead atoms.